The van der Waals surface area contributed by atoms with Gasteiger partial charge in [-0.3, -0.25) is 0 Å². The summed E-state index contributed by atoms with van der Waals surface area (Å²) in [5.74, 6) is -0.317. The smallest absolute Gasteiger partial charge is 0.336 e. The van der Waals surface area contributed by atoms with Crippen LogP contribution in [0.5, 0.6) is 0 Å². The Balaban J connectivity index is 5.43. The van der Waals surface area contributed by atoms with Gasteiger partial charge in [0.25, 0.3) is 0 Å². The van der Waals surface area contributed by atoms with Crippen LogP contribution in [0.3, 0.4) is 0 Å². The molecular formula is C19H38O4Si. The van der Waals surface area contributed by atoms with Crippen LogP contribution in [0.4, 0.5) is 0 Å². The van der Waals surface area contributed by atoms with Crippen LogP contribution in [0.15, 0.2) is 12.2 Å². The van der Waals surface area contributed by atoms with Crippen molar-refractivity contribution in [3.63, 3.8) is 0 Å². The van der Waals surface area contributed by atoms with Gasteiger partial charge in [0, 0.05) is 7.11 Å². The van der Waals surface area contributed by atoms with E-state index in [9.17, 15) is 4.79 Å². The Morgan fingerprint density at radius 1 is 1.08 bits per heavy atom. The lowest BCUT2D eigenvalue weighted by Gasteiger charge is -2.45. The molecular weight excluding hydrogens is 320 g/mol. The molecule has 0 spiro atoms. The van der Waals surface area contributed by atoms with E-state index in [-0.39, 0.29) is 22.5 Å². The number of hydrogen-bond acceptors (Lipinski definition) is 4. The Hall–Kier alpha value is -0.653. The van der Waals surface area contributed by atoms with Crippen LogP contribution in [0.1, 0.15) is 54.9 Å². The quantitative estimate of drug-likeness (QED) is 0.350. The van der Waals surface area contributed by atoms with Gasteiger partial charge in [-0.05, 0) is 51.2 Å². The number of esters is 1. The van der Waals surface area contributed by atoms with Crippen molar-refractivity contribution in [2.24, 2.45) is 5.92 Å². The first-order chi connectivity index (χ1) is 10.6. The van der Waals surface area contributed by atoms with Gasteiger partial charge in [0.2, 0.25) is 0 Å². The molecule has 0 aliphatic carbocycles. The second kappa shape index (κ2) is 8.15. The van der Waals surface area contributed by atoms with Crippen molar-refractivity contribution in [2.45, 2.75) is 84.2 Å². The summed E-state index contributed by atoms with van der Waals surface area (Å²) < 4.78 is 17.0. The maximum atomic E-state index is 12.5. The summed E-state index contributed by atoms with van der Waals surface area (Å²) in [5.41, 5.74) is -1.28. The van der Waals surface area contributed by atoms with Crippen molar-refractivity contribution < 1.29 is 18.7 Å². The monoisotopic (exact) mass is 358 g/mol. The predicted molar refractivity (Wildman–Crippen MR) is 103 cm³/mol. The fourth-order valence-corrected chi connectivity index (χ4v) is 3.73. The molecule has 24 heavy (non-hydrogen) atoms. The van der Waals surface area contributed by atoms with Gasteiger partial charge in [-0.15, -0.1) is 0 Å². The number of ether oxygens (including phenoxy) is 2. The first-order valence-corrected chi connectivity index (χ1v) is 11.5. The Kier molecular flexibility index (Phi) is 7.93. The molecule has 0 radical (unpaired) electrons. The molecule has 0 bridgehead atoms. The Morgan fingerprint density at radius 2 is 1.58 bits per heavy atom. The van der Waals surface area contributed by atoms with E-state index in [1.54, 1.807) is 7.11 Å². The van der Waals surface area contributed by atoms with Gasteiger partial charge < -0.3 is 13.9 Å². The summed E-state index contributed by atoms with van der Waals surface area (Å²) >= 11 is 0. The molecule has 142 valence electrons. The normalized spacial score (nSPS) is 17.6. The molecule has 0 aromatic heterocycles. The second-order valence-corrected chi connectivity index (χ2v) is 13.5. The van der Waals surface area contributed by atoms with Crippen molar-refractivity contribution in [1.82, 2.24) is 0 Å². The van der Waals surface area contributed by atoms with Gasteiger partial charge in [0.1, 0.15) is 0 Å². The lowest BCUT2D eigenvalue weighted by atomic mass is 9.87. The zero-order chi connectivity index (χ0) is 19.4. The molecule has 0 unspecified atom stereocenters. The molecule has 0 rings (SSSR count). The number of methoxy groups -OCH3 is 2. The van der Waals surface area contributed by atoms with Gasteiger partial charge in [-0.1, -0.05) is 39.8 Å². The lowest BCUT2D eigenvalue weighted by Crippen LogP contribution is -2.55. The van der Waals surface area contributed by atoms with E-state index in [1.165, 1.54) is 7.11 Å². The van der Waals surface area contributed by atoms with Crippen molar-refractivity contribution in [2.75, 3.05) is 14.2 Å². The van der Waals surface area contributed by atoms with Crippen LogP contribution in [-0.4, -0.2) is 39.7 Å². The maximum Gasteiger partial charge on any atom is 0.336 e. The van der Waals surface area contributed by atoms with E-state index in [1.807, 2.05) is 33.8 Å². The van der Waals surface area contributed by atoms with Crippen LogP contribution in [0, 0.1) is 5.92 Å². The molecule has 0 amide bonds. The van der Waals surface area contributed by atoms with Crippen molar-refractivity contribution in [3.05, 3.63) is 12.2 Å². The highest BCUT2D eigenvalue weighted by molar-refractivity contribution is 6.74. The minimum absolute atomic E-state index is 0.0111. The van der Waals surface area contributed by atoms with Crippen molar-refractivity contribution >= 4 is 14.3 Å². The van der Waals surface area contributed by atoms with Gasteiger partial charge in [0.15, 0.2) is 13.9 Å². The number of carbonyl (C=O) groups excluding carboxylic acids is 1. The molecule has 0 aliphatic rings. The average molecular weight is 359 g/mol. The first kappa shape index (κ1) is 23.3. The molecule has 0 saturated heterocycles. The molecule has 5 heteroatoms. The van der Waals surface area contributed by atoms with E-state index < -0.39 is 13.9 Å². The number of carbonyl (C=O) groups is 1. The lowest BCUT2D eigenvalue weighted by molar-refractivity contribution is -0.163. The van der Waals surface area contributed by atoms with Crippen LogP contribution in [-0.2, 0) is 18.7 Å². The zero-order valence-electron chi connectivity index (χ0n) is 17.6. The van der Waals surface area contributed by atoms with Crippen molar-refractivity contribution in [1.29, 1.82) is 0 Å². The Morgan fingerprint density at radius 3 is 1.96 bits per heavy atom. The molecule has 0 aromatic rings. The molecule has 4 nitrogen and oxygen atoms in total. The maximum absolute atomic E-state index is 12.5. The zero-order valence-corrected chi connectivity index (χ0v) is 18.6. The molecule has 0 fully saturated rings. The SMILES string of the molecule is COC(=O)[C@](C)(O[Si](C)(C)C(C)(C)C)[C@H](C)C/C=C/C(C)(C)OC. The summed E-state index contributed by atoms with van der Waals surface area (Å²) in [6.45, 7) is 18.7. The molecule has 0 aromatic carbocycles. The van der Waals surface area contributed by atoms with E-state index in [4.69, 9.17) is 13.9 Å². The standard InChI is InChI=1S/C19H38O4Si/c1-15(13-12-14-18(5,6)22-9)19(7,16(20)21-8)23-24(10,11)17(2,3)4/h12,14-15H,13H2,1-11H3/b14-12+/t15-,19-/m1/s1. The summed E-state index contributed by atoms with van der Waals surface area (Å²) in [7, 11) is 0.996. The highest BCUT2D eigenvalue weighted by Gasteiger charge is 2.49. The summed E-state index contributed by atoms with van der Waals surface area (Å²) in [6.07, 6.45) is 4.80. The number of allylic oxidation sites excluding steroid dienone is 1. The van der Waals surface area contributed by atoms with Gasteiger partial charge >= 0.3 is 5.97 Å². The van der Waals surface area contributed by atoms with Gasteiger partial charge in [-0.2, -0.15) is 0 Å². The summed E-state index contributed by atoms with van der Waals surface area (Å²) in [5, 5.41) is 0.0237. The Bertz CT molecular complexity index is 449. The molecule has 0 saturated carbocycles. The summed E-state index contributed by atoms with van der Waals surface area (Å²) in [6, 6.07) is 0. The fourth-order valence-electron chi connectivity index (χ4n) is 2.08. The van der Waals surface area contributed by atoms with Crippen LogP contribution < -0.4 is 0 Å². The van der Waals surface area contributed by atoms with E-state index in [2.05, 4.69) is 39.9 Å². The largest absolute Gasteiger partial charge is 0.467 e. The Labute approximate surface area is 150 Å². The number of hydrogen-bond donors (Lipinski definition) is 0. The van der Waals surface area contributed by atoms with Crippen LogP contribution in [0.25, 0.3) is 0 Å². The van der Waals surface area contributed by atoms with Crippen LogP contribution >= 0.6 is 0 Å². The molecule has 0 N–H and O–H groups in total. The predicted octanol–water partition coefficient (Wildman–Crippen LogP) is 4.95. The van der Waals surface area contributed by atoms with E-state index >= 15 is 0 Å². The van der Waals surface area contributed by atoms with E-state index in [0.29, 0.717) is 6.42 Å². The van der Waals surface area contributed by atoms with Gasteiger partial charge in [-0.25, -0.2) is 4.79 Å². The highest BCUT2D eigenvalue weighted by Crippen LogP contribution is 2.41. The number of rotatable bonds is 8. The minimum atomic E-state index is -2.11. The van der Waals surface area contributed by atoms with Gasteiger partial charge in [0.05, 0.1) is 12.7 Å². The van der Waals surface area contributed by atoms with E-state index in [0.717, 1.165) is 0 Å². The first-order valence-electron chi connectivity index (χ1n) is 8.64. The highest BCUT2D eigenvalue weighted by atomic mass is 28.4. The van der Waals surface area contributed by atoms with Crippen LogP contribution in [0.2, 0.25) is 18.1 Å². The topological polar surface area (TPSA) is 44.8 Å². The summed E-state index contributed by atoms with van der Waals surface area (Å²) in [4.78, 5) is 12.5. The third-order valence-corrected chi connectivity index (χ3v) is 9.89. The average Bonchev–Trinajstić information content (AvgIpc) is 2.44. The molecule has 2 atom stereocenters. The van der Waals surface area contributed by atoms with Crippen molar-refractivity contribution in [3.8, 4) is 0 Å². The third kappa shape index (κ3) is 6.01. The molecule has 0 aliphatic heterocycles. The molecule has 0 heterocycles. The minimum Gasteiger partial charge on any atom is -0.467 e. The second-order valence-electron chi connectivity index (χ2n) is 8.81. The fraction of sp³-hybridized carbons (Fsp3) is 0.842. The third-order valence-electron chi connectivity index (χ3n) is 5.34.